The van der Waals surface area contributed by atoms with Gasteiger partial charge in [-0.05, 0) is 30.7 Å². The van der Waals surface area contributed by atoms with E-state index in [0.717, 1.165) is 0 Å². The van der Waals surface area contributed by atoms with Crippen LogP contribution in [0, 0.1) is 0 Å². The first-order chi connectivity index (χ1) is 16.8. The van der Waals surface area contributed by atoms with Gasteiger partial charge in [0.2, 0.25) is 11.8 Å². The second-order valence-corrected chi connectivity index (χ2v) is 9.14. The zero-order chi connectivity index (χ0) is 24.9. The van der Waals surface area contributed by atoms with Gasteiger partial charge in [-0.2, -0.15) is 0 Å². The van der Waals surface area contributed by atoms with Crippen LogP contribution < -0.4 is 10.6 Å². The number of amides is 2. The summed E-state index contributed by atoms with van der Waals surface area (Å²) >= 11 is 2.39. The van der Waals surface area contributed by atoms with Gasteiger partial charge >= 0.3 is 0 Å². The maximum absolute atomic E-state index is 12.2. The van der Waals surface area contributed by atoms with Gasteiger partial charge in [-0.1, -0.05) is 0 Å². The highest BCUT2D eigenvalue weighted by atomic mass is 32.1. The van der Waals surface area contributed by atoms with Crippen molar-refractivity contribution in [3.8, 4) is 45.5 Å². The van der Waals surface area contributed by atoms with Crippen LogP contribution in [0.25, 0.3) is 22.5 Å². The van der Waals surface area contributed by atoms with E-state index in [9.17, 15) is 30.0 Å². The molecule has 0 fully saturated rings. The molecule has 4 aromatic rings. The van der Waals surface area contributed by atoms with Crippen molar-refractivity contribution >= 4 is 44.8 Å². The second kappa shape index (κ2) is 10.4. The summed E-state index contributed by atoms with van der Waals surface area (Å²) in [6.45, 7) is 0. The van der Waals surface area contributed by atoms with E-state index < -0.39 is 0 Å². The zero-order valence-electron chi connectivity index (χ0n) is 18.1. The molecule has 0 unspecified atom stereocenters. The molecule has 2 heterocycles. The summed E-state index contributed by atoms with van der Waals surface area (Å²) in [5, 5.41) is 48.1. The highest BCUT2D eigenvalue weighted by Crippen LogP contribution is 2.35. The number of nitrogens with one attached hydrogen (secondary N) is 2. The molecule has 0 spiro atoms. The molecule has 35 heavy (non-hydrogen) atoms. The van der Waals surface area contributed by atoms with Crippen molar-refractivity contribution in [1.82, 2.24) is 9.97 Å². The normalized spacial score (nSPS) is 10.7. The second-order valence-electron chi connectivity index (χ2n) is 7.43. The Labute approximate surface area is 207 Å². The number of aromatic hydroxyl groups is 4. The van der Waals surface area contributed by atoms with E-state index in [0.29, 0.717) is 39.2 Å². The summed E-state index contributed by atoms with van der Waals surface area (Å²) in [6.07, 6.45) is 0.528. The summed E-state index contributed by atoms with van der Waals surface area (Å²) in [4.78, 5) is 33.0. The third-order valence-corrected chi connectivity index (χ3v) is 6.34. The minimum Gasteiger partial charge on any atom is -0.508 e. The van der Waals surface area contributed by atoms with Crippen LogP contribution in [0.5, 0.6) is 23.0 Å². The van der Waals surface area contributed by atoms with Crippen LogP contribution in [0.15, 0.2) is 47.2 Å². The smallest absolute Gasteiger partial charge is 0.226 e. The molecule has 6 N–H and O–H groups in total. The number of anilines is 2. The van der Waals surface area contributed by atoms with Crippen molar-refractivity contribution in [2.45, 2.75) is 19.3 Å². The van der Waals surface area contributed by atoms with Gasteiger partial charge < -0.3 is 31.1 Å². The van der Waals surface area contributed by atoms with Gasteiger partial charge in [-0.3, -0.25) is 9.59 Å². The Morgan fingerprint density at radius 1 is 0.714 bits per heavy atom. The first kappa shape index (κ1) is 24.0. The quantitative estimate of drug-likeness (QED) is 0.201. The monoisotopic (exact) mass is 512 g/mol. The maximum atomic E-state index is 12.2. The van der Waals surface area contributed by atoms with Crippen molar-refractivity contribution < 1.29 is 30.0 Å². The lowest BCUT2D eigenvalue weighted by Gasteiger charge is -2.04. The number of benzene rings is 2. The lowest BCUT2D eigenvalue weighted by molar-refractivity contribution is -0.117. The minimum atomic E-state index is -0.298. The van der Waals surface area contributed by atoms with Crippen molar-refractivity contribution in [1.29, 1.82) is 0 Å². The largest absolute Gasteiger partial charge is 0.508 e. The molecular formula is C23H20N4O6S2. The maximum Gasteiger partial charge on any atom is 0.226 e. The van der Waals surface area contributed by atoms with Gasteiger partial charge in [0.15, 0.2) is 10.3 Å². The molecule has 0 saturated carbocycles. The molecule has 12 heteroatoms. The lowest BCUT2D eigenvalue weighted by atomic mass is 10.1. The van der Waals surface area contributed by atoms with E-state index in [1.54, 1.807) is 10.8 Å². The topological polar surface area (TPSA) is 165 Å². The van der Waals surface area contributed by atoms with Gasteiger partial charge in [-0.15, -0.1) is 22.7 Å². The molecule has 0 radical (unpaired) electrons. The van der Waals surface area contributed by atoms with Gasteiger partial charge in [0.25, 0.3) is 0 Å². The summed E-state index contributed by atoms with van der Waals surface area (Å²) in [5.74, 6) is -0.962. The Balaban J connectivity index is 1.24. The van der Waals surface area contributed by atoms with Crippen LogP contribution in [-0.4, -0.2) is 42.2 Å². The highest BCUT2D eigenvalue weighted by Gasteiger charge is 2.14. The first-order valence-electron chi connectivity index (χ1n) is 10.3. The van der Waals surface area contributed by atoms with E-state index >= 15 is 0 Å². The average molecular weight is 513 g/mol. The Bertz CT molecular complexity index is 1280. The standard InChI is InChI=1S/C23H20N4O6S2/c28-12-4-6-14(18(30)8-12)16-10-34-22(24-16)26-20(32)2-1-3-21(33)27-23-25-17(11-35-23)15-7-5-13(29)9-19(15)31/h4-11,28-31H,1-3H2,(H,24,26,32)(H,25,27,33). The molecule has 2 aromatic heterocycles. The summed E-state index contributed by atoms with van der Waals surface area (Å²) in [7, 11) is 0. The predicted molar refractivity (Wildman–Crippen MR) is 133 cm³/mol. The van der Waals surface area contributed by atoms with Crippen molar-refractivity contribution in [2.75, 3.05) is 10.6 Å². The van der Waals surface area contributed by atoms with Crippen molar-refractivity contribution in [2.24, 2.45) is 0 Å². The molecular weight excluding hydrogens is 492 g/mol. The first-order valence-corrected chi connectivity index (χ1v) is 12.1. The third kappa shape index (κ3) is 6.05. The van der Waals surface area contributed by atoms with Crippen LogP contribution >= 0.6 is 22.7 Å². The number of phenolic OH excluding ortho intramolecular Hbond substituents is 4. The molecule has 0 saturated heterocycles. The van der Waals surface area contributed by atoms with Crippen molar-refractivity contribution in [3.63, 3.8) is 0 Å². The van der Waals surface area contributed by atoms with E-state index in [1.165, 1.54) is 59.1 Å². The number of carbonyl (C=O) groups is 2. The molecule has 2 amide bonds. The number of phenols is 4. The van der Waals surface area contributed by atoms with Gasteiger partial charge in [0.1, 0.15) is 23.0 Å². The molecule has 0 atom stereocenters. The lowest BCUT2D eigenvalue weighted by Crippen LogP contribution is -2.14. The molecule has 2 aromatic carbocycles. The number of hydrogen-bond acceptors (Lipinski definition) is 10. The van der Waals surface area contributed by atoms with Crippen LogP contribution in [0.2, 0.25) is 0 Å². The number of thiazole rings is 2. The fourth-order valence-electron chi connectivity index (χ4n) is 3.16. The van der Waals surface area contributed by atoms with Crippen LogP contribution in [0.3, 0.4) is 0 Å². The number of nitrogens with zero attached hydrogens (tertiary/aromatic N) is 2. The van der Waals surface area contributed by atoms with Gasteiger partial charge in [0.05, 0.1) is 11.4 Å². The van der Waals surface area contributed by atoms with Gasteiger partial charge in [-0.25, -0.2) is 9.97 Å². The Kier molecular flexibility index (Phi) is 7.13. The molecule has 0 aliphatic rings. The predicted octanol–water partition coefficient (Wildman–Crippen LogP) is 4.50. The highest BCUT2D eigenvalue weighted by molar-refractivity contribution is 7.14. The molecule has 0 aliphatic carbocycles. The van der Waals surface area contributed by atoms with E-state index in [2.05, 4.69) is 20.6 Å². The molecule has 180 valence electrons. The SMILES string of the molecule is O=C(CCCC(=O)Nc1nc(-c2ccc(O)cc2O)cs1)Nc1nc(-c2ccc(O)cc2O)cs1. The average Bonchev–Trinajstić information content (AvgIpc) is 3.43. The summed E-state index contributed by atoms with van der Waals surface area (Å²) < 4.78 is 0. The molecule has 4 rings (SSSR count). The Morgan fingerprint density at radius 3 is 1.54 bits per heavy atom. The van der Waals surface area contributed by atoms with Crippen LogP contribution in [0.4, 0.5) is 10.3 Å². The fourth-order valence-corrected chi connectivity index (χ4v) is 4.61. The summed E-state index contributed by atoms with van der Waals surface area (Å²) in [6, 6.07) is 8.35. The third-order valence-electron chi connectivity index (χ3n) is 4.82. The van der Waals surface area contributed by atoms with Crippen LogP contribution in [-0.2, 0) is 9.59 Å². The number of hydrogen-bond donors (Lipinski definition) is 6. The van der Waals surface area contributed by atoms with Crippen molar-refractivity contribution in [3.05, 3.63) is 47.2 Å². The Hall–Kier alpha value is -4.16. The minimum absolute atomic E-state index is 0.0639. The van der Waals surface area contributed by atoms with Crippen LogP contribution in [0.1, 0.15) is 19.3 Å². The van der Waals surface area contributed by atoms with E-state index in [-0.39, 0.29) is 47.7 Å². The molecule has 0 bridgehead atoms. The van der Waals surface area contributed by atoms with E-state index in [1.807, 2.05) is 0 Å². The fraction of sp³-hybridized carbons (Fsp3) is 0.130. The molecule has 10 nitrogen and oxygen atoms in total. The van der Waals surface area contributed by atoms with E-state index in [4.69, 9.17) is 0 Å². The number of carbonyl (C=O) groups excluding carboxylic acids is 2. The molecule has 0 aliphatic heterocycles. The summed E-state index contributed by atoms with van der Waals surface area (Å²) in [5.41, 5.74) is 1.79. The Morgan fingerprint density at radius 2 is 1.14 bits per heavy atom. The zero-order valence-corrected chi connectivity index (χ0v) is 19.7. The number of aromatic nitrogens is 2. The number of rotatable bonds is 8. The van der Waals surface area contributed by atoms with Gasteiger partial charge in [0, 0.05) is 46.9 Å².